The van der Waals surface area contributed by atoms with E-state index in [1.165, 1.54) is 15.9 Å². The fourth-order valence-electron chi connectivity index (χ4n) is 4.04. The number of aryl methyl sites for hydroxylation is 2. The first-order chi connectivity index (χ1) is 17.8. The molecule has 0 aliphatic carbocycles. The van der Waals surface area contributed by atoms with Crippen molar-refractivity contribution in [2.45, 2.75) is 13.8 Å². The number of hydrogen-bond donors (Lipinski definition) is 0. The molecule has 8 heteroatoms. The van der Waals surface area contributed by atoms with Gasteiger partial charge in [0.05, 0.1) is 21.4 Å². The van der Waals surface area contributed by atoms with Crippen molar-refractivity contribution in [1.29, 1.82) is 0 Å². The zero-order valence-corrected chi connectivity index (χ0v) is 22.2. The highest BCUT2D eigenvalue weighted by molar-refractivity contribution is 7.81. The third kappa shape index (κ3) is 4.60. The summed E-state index contributed by atoms with van der Waals surface area (Å²) in [5.74, 6) is -0.315. The minimum atomic E-state index is -0.542. The number of amides is 2. The lowest BCUT2D eigenvalue weighted by Crippen LogP contribution is -2.57. The van der Waals surface area contributed by atoms with Gasteiger partial charge in [-0.05, 0) is 91.8 Å². The Balaban J connectivity index is 1.61. The fraction of sp³-hybridized carbons (Fsp3) is 0.0690. The molecule has 0 N–H and O–H groups in total. The van der Waals surface area contributed by atoms with Crippen LogP contribution in [0.25, 0.3) is 17.4 Å². The predicted molar refractivity (Wildman–Crippen MR) is 152 cm³/mol. The number of thiocarbonyl (C=S) groups is 1. The molecule has 37 heavy (non-hydrogen) atoms. The molecule has 0 atom stereocenters. The molecule has 5 rings (SSSR count). The number of para-hydroxylation sites is 1. The number of rotatable bonds is 4. The molecule has 5 nitrogen and oxygen atoms in total. The van der Waals surface area contributed by atoms with Crippen LogP contribution < -0.4 is 9.80 Å². The standard InChI is InChI=1S/C29H20Cl2N2O3S/c1-17-11-12-20(15-18(17)2)33-28(35)23(27(34)32(29(33)37)19-7-4-3-5-8-19)16-21-13-14-25(36-21)22-9-6-10-24(30)26(22)31/h3-16H,1-2H3/b23-16-. The van der Waals surface area contributed by atoms with Crippen molar-refractivity contribution in [2.24, 2.45) is 0 Å². The van der Waals surface area contributed by atoms with Gasteiger partial charge in [-0.3, -0.25) is 19.4 Å². The number of halogens is 2. The van der Waals surface area contributed by atoms with Gasteiger partial charge < -0.3 is 4.42 Å². The summed E-state index contributed by atoms with van der Waals surface area (Å²) in [7, 11) is 0. The molecule has 1 aliphatic heterocycles. The second kappa shape index (κ2) is 9.98. The first-order valence-electron chi connectivity index (χ1n) is 11.4. The molecule has 1 fully saturated rings. The molecule has 0 bridgehead atoms. The normalized spacial score (nSPS) is 15.1. The molecule has 0 spiro atoms. The van der Waals surface area contributed by atoms with E-state index in [9.17, 15) is 9.59 Å². The predicted octanol–water partition coefficient (Wildman–Crippen LogP) is 7.62. The van der Waals surface area contributed by atoms with E-state index in [0.29, 0.717) is 38.5 Å². The molecule has 1 aliphatic rings. The van der Waals surface area contributed by atoms with Crippen molar-refractivity contribution in [3.8, 4) is 11.3 Å². The molecular weight excluding hydrogens is 527 g/mol. The maximum Gasteiger partial charge on any atom is 0.270 e. The fourth-order valence-corrected chi connectivity index (χ4v) is 4.81. The highest BCUT2D eigenvalue weighted by Gasteiger charge is 2.41. The molecular formula is C29H20Cl2N2O3S. The summed E-state index contributed by atoms with van der Waals surface area (Å²) in [5, 5.41) is 0.820. The molecule has 4 aromatic rings. The number of carbonyl (C=O) groups excluding carboxylic acids is 2. The molecule has 0 unspecified atom stereocenters. The molecule has 3 aromatic carbocycles. The number of carbonyl (C=O) groups is 2. The summed E-state index contributed by atoms with van der Waals surface area (Å²) >= 11 is 18.2. The minimum absolute atomic E-state index is 0.0763. The summed E-state index contributed by atoms with van der Waals surface area (Å²) < 4.78 is 5.95. The Labute approximate surface area is 229 Å². The van der Waals surface area contributed by atoms with E-state index in [4.69, 9.17) is 39.8 Å². The van der Waals surface area contributed by atoms with Crippen molar-refractivity contribution in [2.75, 3.05) is 9.80 Å². The van der Waals surface area contributed by atoms with Gasteiger partial charge in [-0.15, -0.1) is 0 Å². The molecule has 2 heterocycles. The van der Waals surface area contributed by atoms with E-state index < -0.39 is 11.8 Å². The number of hydrogen-bond acceptors (Lipinski definition) is 4. The highest BCUT2D eigenvalue weighted by Crippen LogP contribution is 2.35. The Morgan fingerprint density at radius 3 is 2.19 bits per heavy atom. The second-order valence-corrected chi connectivity index (χ2v) is 9.68. The summed E-state index contributed by atoms with van der Waals surface area (Å²) in [4.78, 5) is 30.1. The second-order valence-electron chi connectivity index (χ2n) is 8.53. The first kappa shape index (κ1) is 25.0. The molecule has 0 radical (unpaired) electrons. The SMILES string of the molecule is Cc1ccc(N2C(=O)/C(=C\c3ccc(-c4cccc(Cl)c4Cl)o3)C(=O)N(c3ccccc3)C2=S)cc1C. The average Bonchev–Trinajstić information content (AvgIpc) is 3.35. The molecule has 1 aromatic heterocycles. The van der Waals surface area contributed by atoms with Crippen molar-refractivity contribution < 1.29 is 14.0 Å². The molecule has 0 saturated carbocycles. The van der Waals surface area contributed by atoms with Gasteiger partial charge >= 0.3 is 0 Å². The number of furan rings is 1. The van der Waals surface area contributed by atoms with Crippen LogP contribution in [0.2, 0.25) is 10.0 Å². The van der Waals surface area contributed by atoms with E-state index in [1.54, 1.807) is 54.6 Å². The summed E-state index contributed by atoms with van der Waals surface area (Å²) in [6.07, 6.45) is 1.43. The van der Waals surface area contributed by atoms with Gasteiger partial charge in [0, 0.05) is 5.56 Å². The van der Waals surface area contributed by atoms with Gasteiger partial charge in [-0.25, -0.2) is 0 Å². The number of benzene rings is 3. The summed E-state index contributed by atoms with van der Waals surface area (Å²) in [5.41, 5.74) is 3.71. The van der Waals surface area contributed by atoms with Gasteiger partial charge in [0.25, 0.3) is 11.8 Å². The Morgan fingerprint density at radius 2 is 1.49 bits per heavy atom. The van der Waals surface area contributed by atoms with Gasteiger partial charge in [-0.1, -0.05) is 53.5 Å². The lowest BCUT2D eigenvalue weighted by atomic mass is 10.1. The lowest BCUT2D eigenvalue weighted by molar-refractivity contribution is -0.120. The average molecular weight is 547 g/mol. The largest absolute Gasteiger partial charge is 0.457 e. The molecule has 184 valence electrons. The van der Waals surface area contributed by atoms with Crippen LogP contribution in [-0.4, -0.2) is 16.9 Å². The van der Waals surface area contributed by atoms with Crippen LogP contribution in [0, 0.1) is 13.8 Å². The van der Waals surface area contributed by atoms with Crippen molar-refractivity contribution in [3.63, 3.8) is 0 Å². The lowest BCUT2D eigenvalue weighted by Gasteiger charge is -2.36. The van der Waals surface area contributed by atoms with E-state index >= 15 is 0 Å². The number of anilines is 2. The Hall–Kier alpha value is -3.71. The van der Waals surface area contributed by atoms with Crippen LogP contribution in [0.3, 0.4) is 0 Å². The summed E-state index contributed by atoms with van der Waals surface area (Å²) in [6, 6.07) is 23.2. The van der Waals surface area contributed by atoms with Crippen molar-refractivity contribution in [1.82, 2.24) is 0 Å². The van der Waals surface area contributed by atoms with Crippen molar-refractivity contribution in [3.05, 3.63) is 111 Å². The van der Waals surface area contributed by atoms with Crippen LogP contribution in [0.4, 0.5) is 11.4 Å². The third-order valence-corrected chi connectivity index (χ3v) is 7.33. The molecule has 1 saturated heterocycles. The maximum absolute atomic E-state index is 13.7. The molecule has 2 amide bonds. The summed E-state index contributed by atoms with van der Waals surface area (Å²) in [6.45, 7) is 3.94. The van der Waals surface area contributed by atoms with E-state index in [0.717, 1.165) is 11.1 Å². The van der Waals surface area contributed by atoms with Gasteiger partial charge in [0.2, 0.25) is 0 Å². The van der Waals surface area contributed by atoms with Crippen LogP contribution in [0.15, 0.2) is 88.9 Å². The monoisotopic (exact) mass is 546 g/mol. The van der Waals surface area contributed by atoms with Crippen LogP contribution in [-0.2, 0) is 9.59 Å². The minimum Gasteiger partial charge on any atom is -0.457 e. The first-order valence-corrected chi connectivity index (χ1v) is 12.5. The quantitative estimate of drug-likeness (QED) is 0.150. The van der Waals surface area contributed by atoms with E-state index in [1.807, 2.05) is 38.1 Å². The van der Waals surface area contributed by atoms with E-state index in [2.05, 4.69) is 0 Å². The number of nitrogens with zero attached hydrogens (tertiary/aromatic N) is 2. The Morgan fingerprint density at radius 1 is 0.784 bits per heavy atom. The van der Waals surface area contributed by atoms with Crippen LogP contribution in [0.5, 0.6) is 0 Å². The zero-order chi connectivity index (χ0) is 26.3. The van der Waals surface area contributed by atoms with Crippen LogP contribution in [0.1, 0.15) is 16.9 Å². The Bertz CT molecular complexity index is 1590. The topological polar surface area (TPSA) is 53.8 Å². The van der Waals surface area contributed by atoms with Gasteiger partial charge in [-0.2, -0.15) is 0 Å². The van der Waals surface area contributed by atoms with Crippen molar-refractivity contribution >= 4 is 69.8 Å². The van der Waals surface area contributed by atoms with Crippen LogP contribution >= 0.6 is 35.4 Å². The maximum atomic E-state index is 13.7. The van der Waals surface area contributed by atoms with E-state index in [-0.39, 0.29) is 10.7 Å². The zero-order valence-electron chi connectivity index (χ0n) is 19.9. The third-order valence-electron chi connectivity index (χ3n) is 6.14. The smallest absolute Gasteiger partial charge is 0.270 e. The van der Waals surface area contributed by atoms with Gasteiger partial charge in [0.1, 0.15) is 17.1 Å². The Kier molecular flexibility index (Phi) is 6.73. The van der Waals surface area contributed by atoms with Gasteiger partial charge in [0.15, 0.2) is 5.11 Å². The highest BCUT2D eigenvalue weighted by atomic mass is 35.5.